The van der Waals surface area contributed by atoms with Crippen LogP contribution in [-0.4, -0.2) is 26.7 Å². The molecule has 0 spiro atoms. The number of hydrogen-bond acceptors (Lipinski definition) is 2. The first-order valence-corrected chi connectivity index (χ1v) is 3.28. The molecule has 0 aliphatic heterocycles. The van der Waals surface area contributed by atoms with Gasteiger partial charge < -0.3 is 10.6 Å². The van der Waals surface area contributed by atoms with Crippen LogP contribution in [0.4, 0.5) is 0 Å². The molecule has 2 N–H and O–H groups in total. The van der Waals surface area contributed by atoms with E-state index in [1.165, 1.54) is 0 Å². The van der Waals surface area contributed by atoms with Crippen molar-refractivity contribution in [3.8, 4) is 0 Å². The summed E-state index contributed by atoms with van der Waals surface area (Å²) in [4.78, 5) is 0. The van der Waals surface area contributed by atoms with Gasteiger partial charge in [0.05, 0.1) is 0 Å². The summed E-state index contributed by atoms with van der Waals surface area (Å²) in [6.07, 6.45) is 2.95. The number of nitrogens with one attached hydrogen (secondary N) is 2. The minimum Gasteiger partial charge on any atom is -0.318 e. The molecule has 0 aromatic heterocycles. The molecule has 0 aromatic carbocycles. The Labute approximate surface area is 57.3 Å². The molecule has 0 aliphatic carbocycles. The Kier molecular flexibility index (Phi) is 5.57. The molecule has 0 heterocycles. The fraction of sp³-hybridized carbons (Fsp3) is 0.714. The van der Waals surface area contributed by atoms with Crippen molar-refractivity contribution in [2.24, 2.45) is 0 Å². The molecule has 2 nitrogen and oxygen atoms in total. The third kappa shape index (κ3) is 4.18. The van der Waals surface area contributed by atoms with Gasteiger partial charge in [-0.2, -0.15) is 0 Å². The van der Waals surface area contributed by atoms with Gasteiger partial charge >= 0.3 is 0 Å². The highest BCUT2D eigenvalue weighted by Gasteiger charge is 1.98. The molecule has 0 unspecified atom stereocenters. The molecular weight excluding hydrogens is 112 g/mol. The van der Waals surface area contributed by atoms with Crippen molar-refractivity contribution in [1.82, 2.24) is 10.6 Å². The fourth-order valence-electron chi connectivity index (χ4n) is 0.751. The maximum atomic E-state index is 3.66. The van der Waals surface area contributed by atoms with Crippen LogP contribution in [0, 0.1) is 0 Å². The molecule has 0 aromatic rings. The smallest absolute Gasteiger partial charge is 0.0223 e. The van der Waals surface area contributed by atoms with Crippen molar-refractivity contribution in [3.63, 3.8) is 0 Å². The maximum Gasteiger partial charge on any atom is 0.0223 e. The molecule has 2 heteroatoms. The highest BCUT2D eigenvalue weighted by molar-refractivity contribution is 4.77. The van der Waals surface area contributed by atoms with Crippen LogP contribution in [0.2, 0.25) is 0 Å². The van der Waals surface area contributed by atoms with Crippen LogP contribution in [0.25, 0.3) is 0 Å². The van der Waals surface area contributed by atoms with E-state index >= 15 is 0 Å². The lowest BCUT2D eigenvalue weighted by Gasteiger charge is -2.11. The second-order valence-corrected chi connectivity index (χ2v) is 2.07. The molecule has 0 saturated heterocycles. The summed E-state index contributed by atoms with van der Waals surface area (Å²) in [6, 6.07) is 0.535. The number of hydrogen-bond donors (Lipinski definition) is 2. The van der Waals surface area contributed by atoms with Gasteiger partial charge in [0.25, 0.3) is 0 Å². The predicted molar refractivity (Wildman–Crippen MR) is 41.6 cm³/mol. The molecule has 9 heavy (non-hydrogen) atoms. The second kappa shape index (κ2) is 5.79. The summed E-state index contributed by atoms with van der Waals surface area (Å²) in [7, 11) is 3.92. The molecule has 0 radical (unpaired) electrons. The summed E-state index contributed by atoms with van der Waals surface area (Å²) in [6.45, 7) is 4.67. The summed E-state index contributed by atoms with van der Waals surface area (Å²) < 4.78 is 0. The van der Waals surface area contributed by atoms with Crippen LogP contribution in [-0.2, 0) is 0 Å². The average molecular weight is 128 g/mol. The zero-order chi connectivity index (χ0) is 7.11. The van der Waals surface area contributed by atoms with Crippen LogP contribution in [0.15, 0.2) is 12.7 Å². The Hall–Kier alpha value is -0.340. The summed E-state index contributed by atoms with van der Waals surface area (Å²) in [5, 5.41) is 6.26. The van der Waals surface area contributed by atoms with Gasteiger partial charge in [0.15, 0.2) is 0 Å². The monoisotopic (exact) mass is 128 g/mol. The third-order valence-electron chi connectivity index (χ3n) is 1.31. The van der Waals surface area contributed by atoms with E-state index in [1.54, 1.807) is 0 Å². The quantitative estimate of drug-likeness (QED) is 0.523. The van der Waals surface area contributed by atoms with E-state index < -0.39 is 0 Å². The van der Waals surface area contributed by atoms with E-state index in [0.29, 0.717) is 6.04 Å². The number of rotatable bonds is 5. The van der Waals surface area contributed by atoms with E-state index in [1.807, 2.05) is 20.2 Å². The first-order valence-electron chi connectivity index (χ1n) is 3.28. The predicted octanol–water partition coefficient (Wildman–Crippen LogP) is 0.370. The Morgan fingerprint density at radius 3 is 2.56 bits per heavy atom. The zero-order valence-corrected chi connectivity index (χ0v) is 6.28. The van der Waals surface area contributed by atoms with Gasteiger partial charge in [0.1, 0.15) is 0 Å². The lowest BCUT2D eigenvalue weighted by molar-refractivity contribution is 0.538. The van der Waals surface area contributed by atoms with Crippen molar-refractivity contribution >= 4 is 0 Å². The van der Waals surface area contributed by atoms with Gasteiger partial charge in [-0.25, -0.2) is 0 Å². The van der Waals surface area contributed by atoms with E-state index in [-0.39, 0.29) is 0 Å². The SMILES string of the molecule is C=CC[C@H](CNC)NC. The van der Waals surface area contributed by atoms with Crippen LogP contribution in [0.5, 0.6) is 0 Å². The summed E-state index contributed by atoms with van der Waals surface area (Å²) in [5.74, 6) is 0. The van der Waals surface area contributed by atoms with Gasteiger partial charge in [-0.05, 0) is 20.5 Å². The standard InChI is InChI=1S/C7H16N2/c1-4-5-7(9-3)6-8-2/h4,7-9H,1,5-6H2,2-3H3/t7-/m1/s1. The molecule has 0 fully saturated rings. The Morgan fingerprint density at radius 1 is 1.56 bits per heavy atom. The van der Waals surface area contributed by atoms with Crippen LogP contribution in [0.1, 0.15) is 6.42 Å². The molecule has 54 valence electrons. The van der Waals surface area contributed by atoms with Crippen molar-refractivity contribution in [3.05, 3.63) is 12.7 Å². The van der Waals surface area contributed by atoms with Crippen LogP contribution < -0.4 is 10.6 Å². The highest BCUT2D eigenvalue weighted by atomic mass is 14.9. The largest absolute Gasteiger partial charge is 0.318 e. The van der Waals surface area contributed by atoms with Gasteiger partial charge in [-0.15, -0.1) is 6.58 Å². The third-order valence-corrected chi connectivity index (χ3v) is 1.31. The molecule has 0 rings (SSSR count). The van der Waals surface area contributed by atoms with Gasteiger partial charge in [0, 0.05) is 12.6 Å². The average Bonchev–Trinajstić information content (AvgIpc) is 1.88. The van der Waals surface area contributed by atoms with Crippen LogP contribution >= 0.6 is 0 Å². The summed E-state index contributed by atoms with van der Waals surface area (Å²) in [5.41, 5.74) is 0. The first-order chi connectivity index (χ1) is 4.35. The van der Waals surface area contributed by atoms with Gasteiger partial charge in [-0.1, -0.05) is 6.08 Å². The lowest BCUT2D eigenvalue weighted by atomic mass is 10.2. The normalized spacial score (nSPS) is 13.1. The highest BCUT2D eigenvalue weighted by Crippen LogP contribution is 1.88. The van der Waals surface area contributed by atoms with E-state index in [4.69, 9.17) is 0 Å². The van der Waals surface area contributed by atoms with Crippen molar-refractivity contribution in [2.45, 2.75) is 12.5 Å². The van der Waals surface area contributed by atoms with Crippen LogP contribution in [0.3, 0.4) is 0 Å². The molecular formula is C7H16N2. The Balaban J connectivity index is 3.28. The molecule has 1 atom stereocenters. The fourth-order valence-corrected chi connectivity index (χ4v) is 0.751. The molecule has 0 amide bonds. The zero-order valence-electron chi connectivity index (χ0n) is 6.28. The molecule has 0 saturated carbocycles. The Morgan fingerprint density at radius 2 is 2.22 bits per heavy atom. The maximum absolute atomic E-state index is 3.66. The van der Waals surface area contributed by atoms with E-state index in [0.717, 1.165) is 13.0 Å². The van der Waals surface area contributed by atoms with Crippen molar-refractivity contribution in [1.29, 1.82) is 0 Å². The molecule has 0 aliphatic rings. The van der Waals surface area contributed by atoms with Gasteiger partial charge in [-0.3, -0.25) is 0 Å². The summed E-state index contributed by atoms with van der Waals surface area (Å²) >= 11 is 0. The Bertz CT molecular complexity index is 71.3. The minimum atomic E-state index is 0.535. The topological polar surface area (TPSA) is 24.1 Å². The minimum absolute atomic E-state index is 0.535. The molecule has 0 bridgehead atoms. The second-order valence-electron chi connectivity index (χ2n) is 2.07. The van der Waals surface area contributed by atoms with Crippen molar-refractivity contribution < 1.29 is 0 Å². The van der Waals surface area contributed by atoms with Gasteiger partial charge in [0.2, 0.25) is 0 Å². The first kappa shape index (κ1) is 8.66. The lowest BCUT2D eigenvalue weighted by Crippen LogP contribution is -2.34. The number of likely N-dealkylation sites (N-methyl/N-ethyl adjacent to an activating group) is 2. The van der Waals surface area contributed by atoms with Crippen molar-refractivity contribution in [2.75, 3.05) is 20.6 Å². The van der Waals surface area contributed by atoms with E-state index in [9.17, 15) is 0 Å². The van der Waals surface area contributed by atoms with E-state index in [2.05, 4.69) is 17.2 Å².